The van der Waals surface area contributed by atoms with Crippen molar-refractivity contribution in [2.24, 2.45) is 0 Å². The van der Waals surface area contributed by atoms with Gasteiger partial charge in [-0.1, -0.05) is 0 Å². The van der Waals surface area contributed by atoms with E-state index in [2.05, 4.69) is 27.8 Å². The smallest absolute Gasteiger partial charge is 0.870 e. The summed E-state index contributed by atoms with van der Waals surface area (Å²) in [4.78, 5) is 83.2. The van der Waals surface area contributed by atoms with Gasteiger partial charge in [0.05, 0.1) is 19.8 Å². The molecule has 0 saturated heterocycles. The van der Waals surface area contributed by atoms with Gasteiger partial charge in [0.1, 0.15) is 36.6 Å². The Labute approximate surface area is 349 Å². The predicted molar refractivity (Wildman–Crippen MR) is 129 cm³/mol. The molecule has 0 fully saturated rings. The summed E-state index contributed by atoms with van der Waals surface area (Å²) in [7, 11) is -15.2. The van der Waals surface area contributed by atoms with Crippen molar-refractivity contribution in [1.29, 1.82) is 0 Å². The largest absolute Gasteiger partial charge is 1.00 e. The number of hydrogen-bond acceptors (Lipinski definition) is 21. The maximum Gasteiger partial charge on any atom is 1.00 e. The Bertz CT molecular complexity index is 1290. The fraction of sp³-hybridized carbons (Fsp3) is 0.500. The molecule has 0 radical (unpaired) electrons. The average Bonchev–Trinajstić information content (AvgIpc) is 3.51. The summed E-state index contributed by atoms with van der Waals surface area (Å²) in [6, 6.07) is 0. The molecule has 0 aromatic rings. The summed E-state index contributed by atoms with van der Waals surface area (Å²) in [5.74, 6) is -11.4. The molecule has 6 atom stereocenters. The van der Waals surface area contributed by atoms with Crippen molar-refractivity contribution in [3.63, 3.8) is 0 Å². The first-order valence-corrected chi connectivity index (χ1v) is 16.4. The molecular weight excluding hydrogens is 810 g/mol. The Balaban J connectivity index is -0.000000658. The molecule has 12 N–H and O–H groups in total. The van der Waals surface area contributed by atoms with Crippen LogP contribution in [-0.4, -0.2) is 134 Å². The minimum absolute atomic E-state index is 0. The van der Waals surface area contributed by atoms with Gasteiger partial charge in [0.25, 0.3) is 0 Å². The zero-order chi connectivity index (χ0) is 37.5. The molecule has 0 bridgehead atoms. The second-order valence-corrected chi connectivity index (χ2v) is 12.0. The Kier molecular flexibility index (Phi) is 24.7. The van der Waals surface area contributed by atoms with E-state index in [4.69, 9.17) is 60.0 Å². The van der Waals surface area contributed by atoms with Gasteiger partial charge in [0.2, 0.25) is 17.3 Å². The molecular formula is C18H24Na3O27P3. The number of phosphoric acid groups is 3. The number of ether oxygens (including phenoxy) is 3. The molecule has 3 heterocycles. The van der Waals surface area contributed by atoms with Gasteiger partial charge in [-0.05, 0) is 17.3 Å². The van der Waals surface area contributed by atoms with Crippen LogP contribution in [0.15, 0.2) is 34.6 Å². The van der Waals surface area contributed by atoms with Crippen molar-refractivity contribution in [2.45, 2.75) is 36.6 Å². The third kappa shape index (κ3) is 17.3. The third-order valence-corrected chi connectivity index (χ3v) is 6.21. The molecule has 3 aliphatic rings. The molecule has 0 amide bonds. The van der Waals surface area contributed by atoms with Crippen molar-refractivity contribution >= 4 is 41.4 Å². The number of phosphoric ester groups is 3. The molecule has 0 aliphatic carbocycles. The summed E-state index contributed by atoms with van der Waals surface area (Å²) in [6.45, 7) is -2.56. The van der Waals surface area contributed by atoms with Crippen LogP contribution in [0.25, 0.3) is 0 Å². The number of cyclic esters (lactones) is 3. The van der Waals surface area contributed by atoms with Crippen LogP contribution < -0.4 is 104 Å². The number of aliphatic hydroxyl groups excluding tert-OH is 6. The van der Waals surface area contributed by atoms with Gasteiger partial charge in [0.15, 0.2) is 0 Å². The maximum atomic E-state index is 11.3. The summed E-state index contributed by atoms with van der Waals surface area (Å²) in [5.41, 5.74) is 0. The van der Waals surface area contributed by atoms with Gasteiger partial charge >= 0.3 is 130 Å². The van der Waals surface area contributed by atoms with Crippen molar-refractivity contribution < 1.29 is 220 Å². The number of rotatable bonds is 12. The first-order valence-electron chi connectivity index (χ1n) is 11.8. The SMILES string of the molecule is O=C1O[C@H]([C@@H](O)CO)C([O-])=C1OP(=O)(O)O.O=C1O[C@H]([C@@H](O)CO)C([O-])=C1OP(=O)(O)O.O=C1O[C@H]([C@@H](O)CO)C([O-])=C1OP(=O)(O)O.[Na+].[Na+].[Na+]. The van der Waals surface area contributed by atoms with Gasteiger partial charge < -0.3 is 73.7 Å². The molecule has 51 heavy (non-hydrogen) atoms. The number of esters is 3. The van der Waals surface area contributed by atoms with Crippen LogP contribution in [-0.2, 0) is 55.9 Å². The van der Waals surface area contributed by atoms with Crippen LogP contribution >= 0.6 is 23.5 Å². The Morgan fingerprint density at radius 1 is 0.510 bits per heavy atom. The second kappa shape index (κ2) is 22.9. The van der Waals surface area contributed by atoms with E-state index in [1.165, 1.54) is 0 Å². The van der Waals surface area contributed by atoms with Gasteiger partial charge in [-0.15, -0.1) is 0 Å². The van der Waals surface area contributed by atoms with Gasteiger partial charge in [-0.2, -0.15) is 0 Å². The number of carbonyl (C=O) groups excluding carboxylic acids is 3. The quantitative estimate of drug-likeness (QED) is 0.0376. The zero-order valence-electron chi connectivity index (χ0n) is 25.9. The topological polar surface area (TPSA) is 470 Å². The maximum absolute atomic E-state index is 11.3. The molecule has 3 aliphatic heterocycles. The number of aliphatic hydroxyl groups is 6. The van der Waals surface area contributed by atoms with E-state index in [0.717, 1.165) is 0 Å². The van der Waals surface area contributed by atoms with Crippen LogP contribution in [0.5, 0.6) is 0 Å². The minimum Gasteiger partial charge on any atom is -0.870 e. The van der Waals surface area contributed by atoms with Gasteiger partial charge in [-0.25, -0.2) is 28.1 Å². The second-order valence-electron chi connectivity index (χ2n) is 8.55. The van der Waals surface area contributed by atoms with Crippen LogP contribution in [0.1, 0.15) is 0 Å². The molecule has 0 saturated carbocycles. The van der Waals surface area contributed by atoms with Crippen molar-refractivity contribution in [2.75, 3.05) is 19.8 Å². The van der Waals surface area contributed by atoms with E-state index in [1.54, 1.807) is 0 Å². The van der Waals surface area contributed by atoms with E-state index >= 15 is 0 Å². The van der Waals surface area contributed by atoms with E-state index in [9.17, 15) is 43.4 Å². The van der Waals surface area contributed by atoms with E-state index in [0.29, 0.717) is 0 Å². The van der Waals surface area contributed by atoms with Crippen molar-refractivity contribution in [3.8, 4) is 0 Å². The fourth-order valence-electron chi connectivity index (χ4n) is 3.01. The Hall–Kier alpha value is -0.360. The number of carbonyl (C=O) groups is 3. The molecule has 0 aromatic carbocycles. The number of hydrogen-bond donors (Lipinski definition) is 12. The predicted octanol–water partition coefficient (Wildman–Crippen LogP) is -18.1. The fourth-order valence-corrected chi connectivity index (χ4v) is 4.21. The standard InChI is InChI=1S/3C6H9O9P.3Na/c3*7-1-2(8)4-3(9)5(6(10)14-4)15-16(11,12)13;;;/h3*2,4,7-9H,1H2,(H2,11,12,13);;;/q;;;3*+1/p-3/t3*2-,4+;;;/m000.../s1. The van der Waals surface area contributed by atoms with E-state index in [-0.39, 0.29) is 88.7 Å². The van der Waals surface area contributed by atoms with E-state index < -0.39 is 132 Å². The summed E-state index contributed by atoms with van der Waals surface area (Å²) in [5, 5.41) is 86.5. The zero-order valence-corrected chi connectivity index (χ0v) is 34.6. The normalized spacial score (nSPS) is 21.9. The third-order valence-electron chi connectivity index (χ3n) is 4.95. The first kappa shape index (κ1) is 55.0. The van der Waals surface area contributed by atoms with E-state index in [1.807, 2.05) is 0 Å². The van der Waals surface area contributed by atoms with Crippen molar-refractivity contribution in [3.05, 3.63) is 34.6 Å². The van der Waals surface area contributed by atoms with Gasteiger partial charge in [-0.3, -0.25) is 29.4 Å². The molecule has 27 nitrogen and oxygen atoms in total. The molecule has 276 valence electrons. The molecule has 0 unspecified atom stereocenters. The van der Waals surface area contributed by atoms with Crippen LogP contribution in [0.3, 0.4) is 0 Å². The first-order chi connectivity index (χ1) is 21.8. The summed E-state index contributed by atoms with van der Waals surface area (Å²) in [6.07, 6.45) is -10.1. The monoisotopic (exact) mass is 834 g/mol. The molecule has 33 heteroatoms. The molecule has 0 aromatic heterocycles. The summed E-state index contributed by atoms with van der Waals surface area (Å²) < 4.78 is 55.5. The average molecular weight is 834 g/mol. The molecule has 0 spiro atoms. The van der Waals surface area contributed by atoms with Crippen LogP contribution in [0, 0.1) is 0 Å². The van der Waals surface area contributed by atoms with Crippen LogP contribution in [0.4, 0.5) is 0 Å². The van der Waals surface area contributed by atoms with Gasteiger partial charge in [0, 0.05) is 0 Å². The summed E-state index contributed by atoms with van der Waals surface area (Å²) >= 11 is 0. The minimum atomic E-state index is -5.06. The van der Waals surface area contributed by atoms with Crippen molar-refractivity contribution in [1.82, 2.24) is 0 Å². The van der Waals surface area contributed by atoms with Crippen LogP contribution in [0.2, 0.25) is 0 Å². The Morgan fingerprint density at radius 2 is 0.686 bits per heavy atom. The molecule has 3 rings (SSSR count). The Morgan fingerprint density at radius 3 is 0.824 bits per heavy atom.